The minimum absolute atomic E-state index is 0.00547. The number of anilines is 1. The lowest BCUT2D eigenvalue weighted by atomic mass is 9.46. The highest BCUT2D eigenvalue weighted by atomic mass is 79.9. The van der Waals surface area contributed by atoms with Crippen LogP contribution in [-0.4, -0.2) is 30.5 Å². The first-order chi connectivity index (χ1) is 15.8. The molecule has 2 unspecified atom stereocenters. The van der Waals surface area contributed by atoms with E-state index < -0.39 is 5.41 Å². The van der Waals surface area contributed by atoms with Crippen LogP contribution in [-0.2, 0) is 16.9 Å². The average Bonchev–Trinajstić information content (AvgIpc) is 3.35. The van der Waals surface area contributed by atoms with E-state index in [1.807, 2.05) is 4.68 Å². The molecule has 0 aliphatic heterocycles. The number of amides is 1. The minimum atomic E-state index is -0.452. The number of aromatic nitrogens is 5. The summed E-state index contributed by atoms with van der Waals surface area (Å²) in [6.07, 6.45) is 9.28. The quantitative estimate of drug-likeness (QED) is 0.500. The standard InChI is InChI=1S/C23H23BrClFN6O/c24-21-27-13-32(30-21)23-8-15-5-16(9-23)7-22(6-15,12-23)20(33)28-19-18(25)11-31(29-19)10-14-1-3-17(26)4-2-14/h1-4,11,13,15-16H,5-10,12H2,(H,28,29,33). The molecule has 0 radical (unpaired) electrons. The summed E-state index contributed by atoms with van der Waals surface area (Å²) >= 11 is 9.80. The molecule has 7 nitrogen and oxygen atoms in total. The molecule has 4 saturated carbocycles. The van der Waals surface area contributed by atoms with Crippen LogP contribution >= 0.6 is 27.5 Å². The summed E-state index contributed by atoms with van der Waals surface area (Å²) in [6, 6.07) is 6.25. The van der Waals surface area contributed by atoms with Gasteiger partial charge in [-0.15, -0.1) is 5.10 Å². The van der Waals surface area contributed by atoms with E-state index in [1.165, 1.54) is 18.6 Å². The molecule has 1 N–H and O–H groups in total. The van der Waals surface area contributed by atoms with Gasteiger partial charge in [0.15, 0.2) is 5.82 Å². The number of nitrogens with one attached hydrogen (secondary N) is 1. The highest BCUT2D eigenvalue weighted by Gasteiger charge is 2.61. The number of carbonyl (C=O) groups is 1. The summed E-state index contributed by atoms with van der Waals surface area (Å²) in [5.74, 6) is 1.10. The zero-order chi connectivity index (χ0) is 22.8. The maximum Gasteiger partial charge on any atom is 0.231 e. The van der Waals surface area contributed by atoms with Crippen LogP contribution in [0.4, 0.5) is 10.2 Å². The van der Waals surface area contributed by atoms with Gasteiger partial charge in [0.05, 0.1) is 17.5 Å². The van der Waals surface area contributed by atoms with E-state index in [0.29, 0.717) is 34.0 Å². The van der Waals surface area contributed by atoms with Gasteiger partial charge in [0.1, 0.15) is 17.2 Å². The predicted molar refractivity (Wildman–Crippen MR) is 124 cm³/mol. The van der Waals surface area contributed by atoms with E-state index in [2.05, 4.69) is 36.4 Å². The summed E-state index contributed by atoms with van der Waals surface area (Å²) in [6.45, 7) is 0.440. The van der Waals surface area contributed by atoms with Crippen LogP contribution in [0, 0.1) is 23.1 Å². The number of hydrogen-bond donors (Lipinski definition) is 1. The van der Waals surface area contributed by atoms with Gasteiger partial charge < -0.3 is 5.32 Å². The first-order valence-electron chi connectivity index (χ1n) is 11.2. The van der Waals surface area contributed by atoms with Gasteiger partial charge >= 0.3 is 0 Å². The molecule has 1 amide bonds. The number of rotatable bonds is 5. The van der Waals surface area contributed by atoms with Gasteiger partial charge in [0.2, 0.25) is 10.6 Å². The monoisotopic (exact) mass is 532 g/mol. The Balaban J connectivity index is 1.24. The minimum Gasteiger partial charge on any atom is -0.307 e. The molecular formula is C23H23BrClFN6O. The molecule has 4 bridgehead atoms. The van der Waals surface area contributed by atoms with E-state index in [4.69, 9.17) is 11.6 Å². The fourth-order valence-corrected chi connectivity index (χ4v) is 7.26. The Hall–Kier alpha value is -2.26. The molecule has 0 spiro atoms. The third-order valence-corrected chi connectivity index (χ3v) is 8.31. The molecule has 33 heavy (non-hydrogen) atoms. The molecule has 2 heterocycles. The second-order valence-electron chi connectivity index (χ2n) is 10.0. The van der Waals surface area contributed by atoms with E-state index in [9.17, 15) is 9.18 Å². The van der Waals surface area contributed by atoms with Gasteiger partial charge in [0.25, 0.3) is 0 Å². The molecular weight excluding hydrogens is 511 g/mol. The molecule has 10 heteroatoms. The highest BCUT2D eigenvalue weighted by Crippen LogP contribution is 2.64. The largest absolute Gasteiger partial charge is 0.307 e. The van der Waals surface area contributed by atoms with Crippen molar-refractivity contribution in [2.24, 2.45) is 17.3 Å². The van der Waals surface area contributed by atoms with Crippen LogP contribution in [0.2, 0.25) is 5.02 Å². The van der Waals surface area contributed by atoms with Gasteiger partial charge in [-0.2, -0.15) is 5.10 Å². The molecule has 2 atom stereocenters. The van der Waals surface area contributed by atoms with Gasteiger partial charge in [-0.05, 0) is 84.0 Å². The lowest BCUT2D eigenvalue weighted by Gasteiger charge is -2.60. The van der Waals surface area contributed by atoms with Crippen molar-refractivity contribution < 1.29 is 9.18 Å². The Labute approximate surface area is 203 Å². The van der Waals surface area contributed by atoms with Gasteiger partial charge in [-0.3, -0.25) is 9.48 Å². The van der Waals surface area contributed by atoms with E-state index >= 15 is 0 Å². The predicted octanol–water partition coefficient (Wildman–Crippen LogP) is 5.01. The second kappa shape index (κ2) is 7.63. The Bertz CT molecular complexity index is 1210. The van der Waals surface area contributed by atoms with Gasteiger partial charge in [-0.25, -0.2) is 14.1 Å². The first kappa shape index (κ1) is 21.3. The maximum atomic E-state index is 13.7. The summed E-state index contributed by atoms with van der Waals surface area (Å²) in [5.41, 5.74) is 0.286. The van der Waals surface area contributed by atoms with Gasteiger partial charge in [0, 0.05) is 6.20 Å². The van der Waals surface area contributed by atoms with E-state index in [1.54, 1.807) is 29.3 Å². The number of hydrogen-bond acceptors (Lipinski definition) is 4. The Kier molecular flexibility index (Phi) is 4.92. The molecule has 7 rings (SSSR count). The highest BCUT2D eigenvalue weighted by molar-refractivity contribution is 9.10. The Morgan fingerprint density at radius 2 is 1.91 bits per heavy atom. The summed E-state index contributed by atoms with van der Waals surface area (Å²) in [4.78, 5) is 18.0. The van der Waals surface area contributed by atoms with Crippen molar-refractivity contribution in [3.8, 4) is 0 Å². The zero-order valence-electron chi connectivity index (χ0n) is 17.8. The molecule has 3 aromatic rings. The van der Waals surface area contributed by atoms with Gasteiger partial charge in [-0.1, -0.05) is 23.7 Å². The smallest absolute Gasteiger partial charge is 0.231 e. The fraction of sp³-hybridized carbons (Fsp3) is 0.478. The number of nitrogens with zero attached hydrogens (tertiary/aromatic N) is 5. The maximum absolute atomic E-state index is 13.7. The Morgan fingerprint density at radius 1 is 1.18 bits per heavy atom. The van der Waals surface area contributed by atoms with Crippen LogP contribution in [0.25, 0.3) is 0 Å². The topological polar surface area (TPSA) is 77.6 Å². The third-order valence-electron chi connectivity index (χ3n) is 7.67. The van der Waals surface area contributed by atoms with Crippen molar-refractivity contribution >= 4 is 39.3 Å². The van der Waals surface area contributed by atoms with Crippen LogP contribution in [0.3, 0.4) is 0 Å². The normalized spacial score (nSPS) is 30.0. The van der Waals surface area contributed by atoms with Crippen LogP contribution in [0.5, 0.6) is 0 Å². The molecule has 1 aromatic carbocycles. The summed E-state index contributed by atoms with van der Waals surface area (Å²) < 4.78 is 17.4. The lowest BCUT2D eigenvalue weighted by Crippen LogP contribution is -2.60. The second-order valence-corrected chi connectivity index (χ2v) is 11.1. The zero-order valence-corrected chi connectivity index (χ0v) is 20.2. The molecule has 172 valence electrons. The van der Waals surface area contributed by atoms with Crippen LogP contribution in [0.1, 0.15) is 44.1 Å². The number of halogens is 3. The number of benzene rings is 1. The van der Waals surface area contributed by atoms with Crippen molar-refractivity contribution in [3.63, 3.8) is 0 Å². The van der Waals surface area contributed by atoms with Crippen LogP contribution < -0.4 is 5.32 Å². The summed E-state index contributed by atoms with van der Waals surface area (Å²) in [5, 5.41) is 12.5. The molecule has 4 aliphatic rings. The van der Waals surface area contributed by atoms with Crippen molar-refractivity contribution in [1.29, 1.82) is 0 Å². The molecule has 4 fully saturated rings. The van der Waals surface area contributed by atoms with Crippen molar-refractivity contribution in [3.05, 3.63) is 57.9 Å². The van der Waals surface area contributed by atoms with E-state index in [0.717, 1.165) is 37.7 Å². The SMILES string of the molecule is O=C(Nc1nn(Cc2ccc(F)cc2)cc1Cl)C12CC3CC(C1)CC(n1cnc(Br)n1)(C3)C2. The number of carbonyl (C=O) groups excluding carboxylic acids is 1. The third kappa shape index (κ3) is 3.69. The van der Waals surface area contributed by atoms with Crippen molar-refractivity contribution in [2.45, 2.75) is 50.6 Å². The average molecular weight is 534 g/mol. The molecule has 0 saturated heterocycles. The first-order valence-corrected chi connectivity index (χ1v) is 12.4. The van der Waals surface area contributed by atoms with Crippen molar-refractivity contribution in [1.82, 2.24) is 24.5 Å². The molecule has 2 aromatic heterocycles. The summed E-state index contributed by atoms with van der Waals surface area (Å²) in [7, 11) is 0. The fourth-order valence-electron chi connectivity index (χ4n) is 6.80. The Morgan fingerprint density at radius 3 is 2.58 bits per heavy atom. The van der Waals surface area contributed by atoms with Crippen molar-refractivity contribution in [2.75, 3.05) is 5.32 Å². The molecule has 4 aliphatic carbocycles. The van der Waals surface area contributed by atoms with Crippen LogP contribution in [0.15, 0.2) is 41.5 Å². The lowest BCUT2D eigenvalue weighted by molar-refractivity contribution is -0.150. The van der Waals surface area contributed by atoms with E-state index in [-0.39, 0.29) is 17.3 Å².